The van der Waals surface area contributed by atoms with Gasteiger partial charge in [0, 0.05) is 11.8 Å². The minimum atomic E-state index is -1.03. The van der Waals surface area contributed by atoms with Gasteiger partial charge in [0.1, 0.15) is 0 Å². The number of aliphatic imine (C=N–C) groups is 1. The first-order valence-corrected chi connectivity index (χ1v) is 5.16. The normalized spacial score (nSPS) is 12.7. The Kier molecular flexibility index (Phi) is 2.04. The maximum absolute atomic E-state index is 11.1. The molecular formula is C12H9N3O2. The molecule has 0 unspecified atom stereocenters. The van der Waals surface area contributed by atoms with Crippen LogP contribution in [0.3, 0.4) is 0 Å². The lowest BCUT2D eigenvalue weighted by Gasteiger charge is -2.09. The SMILES string of the molecule is O=C(O)c1ncc2n1-c1ccccc1C=NC2. The summed E-state index contributed by atoms with van der Waals surface area (Å²) >= 11 is 0. The van der Waals surface area contributed by atoms with Crippen LogP contribution in [0.25, 0.3) is 5.69 Å². The number of fused-ring (bicyclic) bond motifs is 3. The fourth-order valence-electron chi connectivity index (χ4n) is 1.96. The van der Waals surface area contributed by atoms with Gasteiger partial charge in [-0.3, -0.25) is 9.56 Å². The molecule has 2 aromatic rings. The molecule has 0 fully saturated rings. The molecule has 0 radical (unpaired) electrons. The third-order valence-electron chi connectivity index (χ3n) is 2.69. The van der Waals surface area contributed by atoms with Crippen LogP contribution in [0.5, 0.6) is 0 Å². The molecule has 5 heteroatoms. The first kappa shape index (κ1) is 9.77. The molecule has 84 valence electrons. The highest BCUT2D eigenvalue weighted by atomic mass is 16.4. The highest BCUT2D eigenvalue weighted by Crippen LogP contribution is 2.21. The summed E-state index contributed by atoms with van der Waals surface area (Å²) in [4.78, 5) is 19.3. The van der Waals surface area contributed by atoms with E-state index in [1.807, 2.05) is 24.3 Å². The Morgan fingerprint density at radius 3 is 3.00 bits per heavy atom. The zero-order valence-corrected chi connectivity index (χ0v) is 8.87. The van der Waals surface area contributed by atoms with Crippen LogP contribution < -0.4 is 0 Å². The van der Waals surface area contributed by atoms with Crippen LogP contribution in [0.4, 0.5) is 0 Å². The van der Waals surface area contributed by atoms with Crippen molar-refractivity contribution in [3.8, 4) is 5.69 Å². The second kappa shape index (κ2) is 3.55. The van der Waals surface area contributed by atoms with E-state index in [9.17, 15) is 4.79 Å². The second-order valence-electron chi connectivity index (χ2n) is 3.74. The van der Waals surface area contributed by atoms with Gasteiger partial charge in [-0.15, -0.1) is 0 Å². The summed E-state index contributed by atoms with van der Waals surface area (Å²) in [7, 11) is 0. The molecule has 17 heavy (non-hydrogen) atoms. The smallest absolute Gasteiger partial charge is 0.372 e. The summed E-state index contributed by atoms with van der Waals surface area (Å²) in [6.45, 7) is 0.439. The summed E-state index contributed by atoms with van der Waals surface area (Å²) in [6.07, 6.45) is 3.32. The van der Waals surface area contributed by atoms with Gasteiger partial charge in [-0.25, -0.2) is 9.78 Å². The number of hydrogen-bond acceptors (Lipinski definition) is 3. The largest absolute Gasteiger partial charge is 0.475 e. The van der Waals surface area contributed by atoms with E-state index in [1.165, 1.54) is 0 Å². The van der Waals surface area contributed by atoms with Gasteiger partial charge >= 0.3 is 5.97 Å². The van der Waals surface area contributed by atoms with Crippen LogP contribution >= 0.6 is 0 Å². The maximum Gasteiger partial charge on any atom is 0.372 e. The number of aromatic nitrogens is 2. The Labute approximate surface area is 97.1 Å². The number of aromatic carboxylic acids is 1. The van der Waals surface area contributed by atoms with Gasteiger partial charge < -0.3 is 5.11 Å². The second-order valence-corrected chi connectivity index (χ2v) is 3.74. The number of nitrogens with zero attached hydrogens (tertiary/aromatic N) is 3. The van der Waals surface area contributed by atoms with Gasteiger partial charge in [-0.2, -0.15) is 0 Å². The number of imidazole rings is 1. The standard InChI is InChI=1S/C12H9N3O2/c16-12(17)11-14-7-9-6-13-5-8-3-1-2-4-10(8)15(9)11/h1-5,7H,6H2,(H,16,17). The number of rotatable bonds is 1. The molecule has 0 atom stereocenters. The summed E-state index contributed by atoms with van der Waals surface area (Å²) in [6, 6.07) is 7.53. The number of carbonyl (C=O) groups is 1. The molecule has 0 amide bonds. The maximum atomic E-state index is 11.1. The molecule has 0 saturated carbocycles. The predicted molar refractivity (Wildman–Crippen MR) is 61.8 cm³/mol. The van der Waals surface area contributed by atoms with E-state index >= 15 is 0 Å². The van der Waals surface area contributed by atoms with E-state index in [-0.39, 0.29) is 5.82 Å². The van der Waals surface area contributed by atoms with Crippen molar-refractivity contribution < 1.29 is 9.90 Å². The van der Waals surface area contributed by atoms with Crippen molar-refractivity contribution in [2.24, 2.45) is 4.99 Å². The summed E-state index contributed by atoms with van der Waals surface area (Å²) in [5.41, 5.74) is 2.48. The fraction of sp³-hybridized carbons (Fsp3) is 0.0833. The van der Waals surface area contributed by atoms with Crippen molar-refractivity contribution in [3.05, 3.63) is 47.5 Å². The Bertz CT molecular complexity index is 628. The predicted octanol–water partition coefficient (Wildman–Crippen LogP) is 1.50. The van der Waals surface area contributed by atoms with Crippen LogP contribution in [0.2, 0.25) is 0 Å². The van der Waals surface area contributed by atoms with Crippen LogP contribution in [0.1, 0.15) is 21.9 Å². The monoisotopic (exact) mass is 227 g/mol. The lowest BCUT2D eigenvalue weighted by Crippen LogP contribution is -2.10. The molecular weight excluding hydrogens is 218 g/mol. The van der Waals surface area contributed by atoms with Crippen molar-refractivity contribution in [1.29, 1.82) is 0 Å². The molecule has 2 heterocycles. The average molecular weight is 227 g/mol. The van der Waals surface area contributed by atoms with E-state index in [0.29, 0.717) is 6.54 Å². The Balaban J connectivity index is 2.33. The van der Waals surface area contributed by atoms with Crippen molar-refractivity contribution >= 4 is 12.2 Å². The van der Waals surface area contributed by atoms with Gasteiger partial charge in [-0.1, -0.05) is 18.2 Å². The molecule has 3 rings (SSSR count). The summed E-state index contributed by atoms with van der Waals surface area (Å²) in [5.74, 6) is -1.01. The first-order valence-electron chi connectivity index (χ1n) is 5.16. The van der Waals surface area contributed by atoms with Crippen molar-refractivity contribution in [3.63, 3.8) is 0 Å². The zero-order chi connectivity index (χ0) is 11.8. The Morgan fingerprint density at radius 1 is 1.35 bits per heavy atom. The quantitative estimate of drug-likeness (QED) is 0.802. The third kappa shape index (κ3) is 1.44. The number of carboxylic acid groups (broad SMARTS) is 1. The van der Waals surface area contributed by atoms with Gasteiger partial charge in [0.25, 0.3) is 0 Å². The van der Waals surface area contributed by atoms with Crippen LogP contribution in [0.15, 0.2) is 35.5 Å². The van der Waals surface area contributed by atoms with Gasteiger partial charge in [0.05, 0.1) is 24.1 Å². The van der Waals surface area contributed by atoms with Crippen molar-refractivity contribution in [2.75, 3.05) is 0 Å². The third-order valence-corrected chi connectivity index (χ3v) is 2.69. The Hall–Kier alpha value is -2.43. The molecule has 0 saturated heterocycles. The number of carboxylic acids is 1. The van der Waals surface area contributed by atoms with E-state index in [1.54, 1.807) is 17.0 Å². The van der Waals surface area contributed by atoms with Crippen molar-refractivity contribution in [2.45, 2.75) is 6.54 Å². The first-order chi connectivity index (χ1) is 8.27. The number of hydrogen-bond donors (Lipinski definition) is 1. The molecule has 1 aromatic carbocycles. The van der Waals surface area contributed by atoms with Crippen LogP contribution in [-0.2, 0) is 6.54 Å². The molecule has 1 N–H and O–H groups in total. The Morgan fingerprint density at radius 2 is 2.18 bits per heavy atom. The molecule has 0 spiro atoms. The molecule has 1 aliphatic heterocycles. The topological polar surface area (TPSA) is 67.5 Å². The van der Waals surface area contributed by atoms with Crippen LogP contribution in [0, 0.1) is 0 Å². The molecule has 0 aliphatic carbocycles. The fourth-order valence-corrected chi connectivity index (χ4v) is 1.96. The molecule has 0 bridgehead atoms. The highest BCUT2D eigenvalue weighted by molar-refractivity contribution is 5.89. The highest BCUT2D eigenvalue weighted by Gasteiger charge is 2.19. The molecule has 1 aliphatic rings. The van der Waals surface area contributed by atoms with Gasteiger partial charge in [-0.05, 0) is 6.07 Å². The molecule has 1 aromatic heterocycles. The average Bonchev–Trinajstić information content (AvgIpc) is 2.66. The van der Waals surface area contributed by atoms with E-state index in [0.717, 1.165) is 16.9 Å². The van der Waals surface area contributed by atoms with E-state index in [4.69, 9.17) is 5.11 Å². The van der Waals surface area contributed by atoms with Gasteiger partial charge in [0.2, 0.25) is 5.82 Å². The minimum Gasteiger partial charge on any atom is -0.475 e. The van der Waals surface area contributed by atoms with Gasteiger partial charge in [0.15, 0.2) is 0 Å². The zero-order valence-electron chi connectivity index (χ0n) is 8.87. The van der Waals surface area contributed by atoms with E-state index < -0.39 is 5.97 Å². The summed E-state index contributed by atoms with van der Waals surface area (Å²) < 4.78 is 1.64. The number of benzene rings is 1. The van der Waals surface area contributed by atoms with Crippen LogP contribution in [-0.4, -0.2) is 26.8 Å². The lowest BCUT2D eigenvalue weighted by molar-refractivity contribution is 0.0681. The summed E-state index contributed by atoms with van der Waals surface area (Å²) in [5, 5.41) is 9.12. The minimum absolute atomic E-state index is 0.0259. The number of para-hydroxylation sites is 1. The molecule has 5 nitrogen and oxygen atoms in total. The van der Waals surface area contributed by atoms with Crippen molar-refractivity contribution in [1.82, 2.24) is 9.55 Å². The lowest BCUT2D eigenvalue weighted by atomic mass is 10.2. The van der Waals surface area contributed by atoms with E-state index in [2.05, 4.69) is 9.98 Å².